The van der Waals surface area contributed by atoms with E-state index in [9.17, 15) is 8.42 Å². The van der Waals surface area contributed by atoms with Gasteiger partial charge in [0.1, 0.15) is 0 Å². The molecule has 0 unspecified atom stereocenters. The Labute approximate surface area is 137 Å². The SMILES string of the molecule is Cc1ccc(S(=O)(=O)OCCc2ccc(CCC#N)cc2)cc1. The zero-order valence-corrected chi connectivity index (χ0v) is 13.8. The summed E-state index contributed by atoms with van der Waals surface area (Å²) in [5.74, 6) is 0. The van der Waals surface area contributed by atoms with Crippen molar-refractivity contribution in [2.75, 3.05) is 6.61 Å². The second-order valence-electron chi connectivity index (χ2n) is 5.31. The lowest BCUT2D eigenvalue weighted by atomic mass is 10.1. The molecule has 0 radical (unpaired) electrons. The lowest BCUT2D eigenvalue weighted by Crippen LogP contribution is -2.09. The summed E-state index contributed by atoms with van der Waals surface area (Å²) < 4.78 is 29.2. The Kier molecular flexibility index (Phi) is 5.91. The van der Waals surface area contributed by atoms with Crippen molar-refractivity contribution in [1.82, 2.24) is 0 Å². The van der Waals surface area contributed by atoms with Crippen LogP contribution in [0.5, 0.6) is 0 Å². The Morgan fingerprint density at radius 2 is 1.52 bits per heavy atom. The van der Waals surface area contributed by atoms with Crippen molar-refractivity contribution in [3.63, 3.8) is 0 Å². The van der Waals surface area contributed by atoms with Crippen molar-refractivity contribution in [2.24, 2.45) is 0 Å². The Morgan fingerprint density at radius 3 is 2.09 bits per heavy atom. The van der Waals surface area contributed by atoms with Gasteiger partial charge < -0.3 is 0 Å². The van der Waals surface area contributed by atoms with E-state index in [-0.39, 0.29) is 11.5 Å². The molecular formula is C18H19NO3S. The van der Waals surface area contributed by atoms with Crippen LogP contribution in [0.15, 0.2) is 53.4 Å². The van der Waals surface area contributed by atoms with Crippen LogP contribution in [0.3, 0.4) is 0 Å². The summed E-state index contributed by atoms with van der Waals surface area (Å²) in [4.78, 5) is 0.176. The van der Waals surface area contributed by atoms with Gasteiger partial charge in [0.2, 0.25) is 0 Å². The predicted octanol–water partition coefficient (Wildman–Crippen LogP) is 3.40. The fourth-order valence-corrected chi connectivity index (χ4v) is 3.02. The van der Waals surface area contributed by atoms with Crippen LogP contribution in [0.2, 0.25) is 0 Å². The van der Waals surface area contributed by atoms with Crippen molar-refractivity contribution in [1.29, 1.82) is 5.26 Å². The summed E-state index contributed by atoms with van der Waals surface area (Å²) in [6.45, 7) is 2.01. The minimum Gasteiger partial charge on any atom is -0.266 e. The molecule has 2 rings (SSSR count). The highest BCUT2D eigenvalue weighted by atomic mass is 32.2. The molecule has 0 aliphatic rings. The highest BCUT2D eigenvalue weighted by molar-refractivity contribution is 7.86. The number of hydrogen-bond donors (Lipinski definition) is 0. The molecule has 0 saturated heterocycles. The number of rotatable bonds is 7. The number of hydrogen-bond acceptors (Lipinski definition) is 4. The van der Waals surface area contributed by atoms with Gasteiger partial charge in [0.25, 0.3) is 10.1 Å². The summed E-state index contributed by atoms with van der Waals surface area (Å²) in [5.41, 5.74) is 3.11. The first-order chi connectivity index (χ1) is 11.0. The molecule has 5 heteroatoms. The molecule has 120 valence electrons. The van der Waals surface area contributed by atoms with E-state index in [1.54, 1.807) is 24.3 Å². The van der Waals surface area contributed by atoms with E-state index >= 15 is 0 Å². The number of benzene rings is 2. The maximum atomic E-state index is 12.1. The first-order valence-electron chi connectivity index (χ1n) is 7.42. The molecule has 0 heterocycles. The molecular weight excluding hydrogens is 310 g/mol. The van der Waals surface area contributed by atoms with Crippen LogP contribution < -0.4 is 0 Å². The monoisotopic (exact) mass is 329 g/mol. The summed E-state index contributed by atoms with van der Waals surface area (Å²) in [6.07, 6.45) is 1.75. The third-order valence-electron chi connectivity index (χ3n) is 3.49. The maximum absolute atomic E-state index is 12.1. The van der Waals surface area contributed by atoms with E-state index in [4.69, 9.17) is 9.44 Å². The largest absolute Gasteiger partial charge is 0.296 e. The molecule has 0 N–H and O–H groups in total. The van der Waals surface area contributed by atoms with Gasteiger partial charge >= 0.3 is 0 Å². The van der Waals surface area contributed by atoms with E-state index in [1.165, 1.54) is 0 Å². The van der Waals surface area contributed by atoms with Crippen molar-refractivity contribution >= 4 is 10.1 Å². The topological polar surface area (TPSA) is 67.2 Å². The normalized spacial score (nSPS) is 11.1. The van der Waals surface area contributed by atoms with E-state index in [1.807, 2.05) is 31.2 Å². The van der Waals surface area contributed by atoms with Gasteiger partial charge in [-0.2, -0.15) is 13.7 Å². The van der Waals surface area contributed by atoms with Gasteiger partial charge in [-0.15, -0.1) is 0 Å². The smallest absolute Gasteiger partial charge is 0.266 e. The standard InChI is InChI=1S/C18H19NO3S/c1-15-4-10-18(11-5-15)23(20,21)22-14-12-17-8-6-16(7-9-17)3-2-13-19/h4-11H,2-3,12,14H2,1H3. The lowest BCUT2D eigenvalue weighted by molar-refractivity contribution is 0.322. The van der Waals surface area contributed by atoms with Gasteiger partial charge in [0, 0.05) is 6.42 Å². The Bertz CT molecular complexity index is 773. The third kappa shape index (κ3) is 5.20. The molecule has 0 aliphatic heterocycles. The van der Waals surface area contributed by atoms with Crippen LogP contribution >= 0.6 is 0 Å². The van der Waals surface area contributed by atoms with Crippen molar-refractivity contribution in [3.8, 4) is 6.07 Å². The van der Waals surface area contributed by atoms with Crippen LogP contribution in [0.4, 0.5) is 0 Å². The molecule has 0 saturated carbocycles. The van der Waals surface area contributed by atoms with Gasteiger partial charge in [-0.3, -0.25) is 4.18 Å². The molecule has 2 aromatic carbocycles. The molecule has 0 amide bonds. The van der Waals surface area contributed by atoms with Gasteiger partial charge in [0.15, 0.2) is 0 Å². The van der Waals surface area contributed by atoms with E-state index in [0.717, 1.165) is 23.1 Å². The molecule has 0 bridgehead atoms. The van der Waals surface area contributed by atoms with Crippen molar-refractivity contribution in [3.05, 3.63) is 65.2 Å². The maximum Gasteiger partial charge on any atom is 0.296 e. The molecule has 0 aliphatic carbocycles. The Hall–Kier alpha value is -2.16. The molecule has 0 fully saturated rings. The molecule has 0 spiro atoms. The minimum absolute atomic E-state index is 0.105. The van der Waals surface area contributed by atoms with Crippen LogP contribution in [-0.2, 0) is 27.1 Å². The predicted molar refractivity (Wildman–Crippen MR) is 88.4 cm³/mol. The van der Waals surface area contributed by atoms with E-state index in [0.29, 0.717) is 12.8 Å². The molecule has 2 aromatic rings. The summed E-state index contributed by atoms with van der Waals surface area (Å²) in [5, 5.41) is 8.56. The first-order valence-corrected chi connectivity index (χ1v) is 8.83. The fourth-order valence-electron chi connectivity index (χ4n) is 2.12. The molecule has 23 heavy (non-hydrogen) atoms. The minimum atomic E-state index is -3.70. The average molecular weight is 329 g/mol. The number of nitrogens with zero attached hydrogens (tertiary/aromatic N) is 1. The lowest BCUT2D eigenvalue weighted by Gasteiger charge is -2.07. The second kappa shape index (κ2) is 7.91. The quantitative estimate of drug-likeness (QED) is 0.730. The average Bonchev–Trinajstić information content (AvgIpc) is 2.54. The van der Waals surface area contributed by atoms with Crippen LogP contribution in [0, 0.1) is 18.3 Å². The number of aryl methyl sites for hydroxylation is 2. The van der Waals surface area contributed by atoms with Crippen molar-refractivity contribution in [2.45, 2.75) is 31.1 Å². The second-order valence-corrected chi connectivity index (χ2v) is 6.93. The van der Waals surface area contributed by atoms with E-state index < -0.39 is 10.1 Å². The highest BCUT2D eigenvalue weighted by Gasteiger charge is 2.14. The van der Waals surface area contributed by atoms with Crippen molar-refractivity contribution < 1.29 is 12.6 Å². The third-order valence-corrected chi connectivity index (χ3v) is 4.81. The zero-order valence-electron chi connectivity index (χ0n) is 13.0. The van der Waals surface area contributed by atoms with Crippen LogP contribution in [-0.4, -0.2) is 15.0 Å². The zero-order chi connectivity index (χ0) is 16.7. The van der Waals surface area contributed by atoms with Crippen LogP contribution in [0.25, 0.3) is 0 Å². The Morgan fingerprint density at radius 1 is 0.957 bits per heavy atom. The van der Waals surface area contributed by atoms with E-state index in [2.05, 4.69) is 6.07 Å². The summed E-state index contributed by atoms with van der Waals surface area (Å²) in [7, 11) is -3.70. The van der Waals surface area contributed by atoms with Gasteiger partial charge in [-0.1, -0.05) is 42.0 Å². The Balaban J connectivity index is 1.89. The molecule has 4 nitrogen and oxygen atoms in total. The molecule has 0 atom stereocenters. The molecule has 0 aromatic heterocycles. The van der Waals surface area contributed by atoms with Crippen LogP contribution in [0.1, 0.15) is 23.1 Å². The fraction of sp³-hybridized carbons (Fsp3) is 0.278. The number of nitriles is 1. The summed E-state index contributed by atoms with van der Waals surface area (Å²) >= 11 is 0. The van der Waals surface area contributed by atoms with Gasteiger partial charge in [-0.25, -0.2) is 0 Å². The van der Waals surface area contributed by atoms with Gasteiger partial charge in [-0.05, 0) is 43.0 Å². The summed E-state index contributed by atoms with van der Waals surface area (Å²) in [6, 6.07) is 16.5. The highest BCUT2D eigenvalue weighted by Crippen LogP contribution is 2.14. The first kappa shape index (κ1) is 17.2. The van der Waals surface area contributed by atoms with Gasteiger partial charge in [0.05, 0.1) is 17.6 Å².